The van der Waals surface area contributed by atoms with E-state index in [1.807, 2.05) is 87.2 Å². The van der Waals surface area contributed by atoms with Gasteiger partial charge in [0.05, 0.1) is 68.1 Å². The minimum atomic E-state index is 1.03. The highest BCUT2D eigenvalue weighted by Gasteiger charge is 1.99. The van der Waals surface area contributed by atoms with Crippen molar-refractivity contribution in [3.8, 4) is 0 Å². The Balaban J connectivity index is 0.000000108. The topological polar surface area (TPSA) is 103 Å². The Morgan fingerprint density at radius 1 is 0.600 bits per heavy atom. The van der Waals surface area contributed by atoms with Crippen molar-refractivity contribution >= 4 is 86.2 Å². The number of fused-ring (bicyclic) bond motifs is 4. The number of rotatable bonds is 0. The molecule has 12 heteroatoms. The maximum absolute atomic E-state index is 4.29. The van der Waals surface area contributed by atoms with Gasteiger partial charge in [-0.1, -0.05) is 0 Å². The third-order valence-electron chi connectivity index (χ3n) is 5.51. The Morgan fingerprint density at radius 2 is 1.35 bits per heavy atom. The number of aryl methyl sites for hydroxylation is 4. The predicted octanol–water partition coefficient (Wildman–Crippen LogP) is 8.00. The highest BCUT2D eigenvalue weighted by molar-refractivity contribution is 7.18. The van der Waals surface area contributed by atoms with Crippen LogP contribution in [0, 0.1) is 27.7 Å². The summed E-state index contributed by atoms with van der Waals surface area (Å²) in [5.41, 5.74) is 13.0. The molecule has 0 unspecified atom stereocenters. The van der Waals surface area contributed by atoms with E-state index in [1.54, 1.807) is 57.7 Å². The van der Waals surface area contributed by atoms with E-state index in [2.05, 4.69) is 39.9 Å². The van der Waals surface area contributed by atoms with E-state index in [1.165, 1.54) is 14.1 Å². The lowest BCUT2D eigenvalue weighted by atomic mass is 10.3. The van der Waals surface area contributed by atoms with Crippen LogP contribution in [-0.2, 0) is 0 Å². The van der Waals surface area contributed by atoms with Gasteiger partial charge in [-0.15, -0.1) is 45.3 Å². The molecule has 0 aliphatic carbocycles. The highest BCUT2D eigenvalue weighted by Crippen LogP contribution is 2.20. The zero-order chi connectivity index (χ0) is 27.9. The van der Waals surface area contributed by atoms with Crippen molar-refractivity contribution in [1.82, 2.24) is 39.9 Å². The van der Waals surface area contributed by atoms with Gasteiger partial charge in [-0.25, -0.2) is 19.9 Å². The molecule has 0 aromatic carbocycles. The normalized spacial score (nSPS) is 10.5. The number of aromatic nitrogens is 8. The summed E-state index contributed by atoms with van der Waals surface area (Å²) in [7, 11) is 0. The van der Waals surface area contributed by atoms with Crippen LogP contribution in [0.3, 0.4) is 0 Å². The first kappa shape index (κ1) is 27.7. The van der Waals surface area contributed by atoms with Crippen molar-refractivity contribution in [2.45, 2.75) is 27.7 Å². The second-order valence-electron chi connectivity index (χ2n) is 8.47. The fourth-order valence-electron chi connectivity index (χ4n) is 3.60. The van der Waals surface area contributed by atoms with E-state index in [-0.39, 0.29) is 0 Å². The minimum Gasteiger partial charge on any atom is -0.263 e. The Hall–Kier alpha value is -3.84. The average Bonchev–Trinajstić information content (AvgIpc) is 3.76. The zero-order valence-electron chi connectivity index (χ0n) is 22.1. The van der Waals surface area contributed by atoms with E-state index < -0.39 is 0 Å². The Bertz CT molecular complexity index is 1880. The fraction of sp³-hybridized carbons (Fsp3) is 0.143. The molecule has 0 aliphatic heterocycles. The fourth-order valence-corrected chi connectivity index (χ4v) is 6.48. The standard InChI is InChI=1S/4C7H6N2S/c1-5-2-8-3-6-7(5)9-4-10-6;1-5-2-6-7(3-8-5)10-4-9-6;1-5-7-6(2-3-8-5)9-4-10-7;1-5-9-6-2-3-8-4-7(6)10-5/h4*2-4H,1H3. The van der Waals surface area contributed by atoms with Gasteiger partial charge >= 0.3 is 0 Å². The molecule has 8 aromatic heterocycles. The van der Waals surface area contributed by atoms with Gasteiger partial charge < -0.3 is 0 Å². The van der Waals surface area contributed by atoms with E-state index in [0.717, 1.165) is 48.7 Å². The molecular formula is C28H24N8S4. The van der Waals surface area contributed by atoms with Crippen LogP contribution in [0.1, 0.15) is 22.0 Å². The molecule has 0 spiro atoms. The van der Waals surface area contributed by atoms with Crippen LogP contribution in [-0.4, -0.2) is 39.9 Å². The van der Waals surface area contributed by atoms with Crippen LogP contribution < -0.4 is 0 Å². The molecule has 8 aromatic rings. The molecule has 0 bridgehead atoms. The summed E-state index contributed by atoms with van der Waals surface area (Å²) in [6.07, 6.45) is 10.9. The molecule has 0 aliphatic rings. The molecule has 200 valence electrons. The monoisotopic (exact) mass is 600 g/mol. The van der Waals surface area contributed by atoms with Crippen LogP contribution in [0.4, 0.5) is 0 Å². The first-order valence-electron chi connectivity index (χ1n) is 12.1. The lowest BCUT2D eigenvalue weighted by Crippen LogP contribution is -1.77. The van der Waals surface area contributed by atoms with Crippen LogP contribution in [0.15, 0.2) is 71.9 Å². The number of thiazole rings is 4. The third-order valence-corrected chi connectivity index (χ3v) is 8.92. The summed E-state index contributed by atoms with van der Waals surface area (Å²) in [6.45, 7) is 8.00. The van der Waals surface area contributed by atoms with Crippen LogP contribution >= 0.6 is 45.3 Å². The Labute approximate surface area is 246 Å². The van der Waals surface area contributed by atoms with Gasteiger partial charge in [0.1, 0.15) is 0 Å². The largest absolute Gasteiger partial charge is 0.263 e. The van der Waals surface area contributed by atoms with Gasteiger partial charge in [-0.2, -0.15) is 0 Å². The van der Waals surface area contributed by atoms with Crippen molar-refractivity contribution in [3.63, 3.8) is 0 Å². The first-order valence-corrected chi connectivity index (χ1v) is 15.5. The summed E-state index contributed by atoms with van der Waals surface area (Å²) in [4.78, 5) is 33.2. The predicted molar refractivity (Wildman–Crippen MR) is 169 cm³/mol. The lowest BCUT2D eigenvalue weighted by molar-refractivity contribution is 1.22. The van der Waals surface area contributed by atoms with Crippen molar-refractivity contribution in [1.29, 1.82) is 0 Å². The molecule has 0 atom stereocenters. The molecule has 0 radical (unpaired) electrons. The molecule has 0 fully saturated rings. The molecule has 40 heavy (non-hydrogen) atoms. The summed E-state index contributed by atoms with van der Waals surface area (Å²) < 4.78 is 4.69. The van der Waals surface area contributed by atoms with Gasteiger partial charge in [-0.05, 0) is 51.5 Å². The van der Waals surface area contributed by atoms with Crippen molar-refractivity contribution < 1.29 is 0 Å². The van der Waals surface area contributed by atoms with Gasteiger partial charge in [0.2, 0.25) is 0 Å². The van der Waals surface area contributed by atoms with E-state index in [0.29, 0.717) is 0 Å². The molecular weight excluding hydrogens is 577 g/mol. The number of hydrogen-bond donors (Lipinski definition) is 0. The second-order valence-corrected chi connectivity index (χ2v) is 12.3. The Kier molecular flexibility index (Phi) is 9.01. The second kappa shape index (κ2) is 13.0. The van der Waals surface area contributed by atoms with E-state index >= 15 is 0 Å². The maximum atomic E-state index is 4.29. The maximum Gasteiger partial charge on any atom is 0.0908 e. The molecule has 0 amide bonds. The van der Waals surface area contributed by atoms with E-state index in [4.69, 9.17) is 0 Å². The average molecular weight is 601 g/mol. The molecule has 0 N–H and O–H groups in total. The quantitative estimate of drug-likeness (QED) is 0.172. The minimum absolute atomic E-state index is 1.03. The van der Waals surface area contributed by atoms with Crippen LogP contribution in [0.25, 0.3) is 40.9 Å². The third kappa shape index (κ3) is 6.83. The molecule has 0 saturated carbocycles. The van der Waals surface area contributed by atoms with Crippen molar-refractivity contribution in [3.05, 3.63) is 93.9 Å². The summed E-state index contributed by atoms with van der Waals surface area (Å²) >= 11 is 6.57. The molecule has 8 rings (SSSR count). The lowest BCUT2D eigenvalue weighted by Gasteiger charge is -1.89. The number of nitrogens with zero attached hydrogens (tertiary/aromatic N) is 8. The molecule has 0 saturated heterocycles. The molecule has 8 nitrogen and oxygen atoms in total. The number of pyridine rings is 4. The van der Waals surface area contributed by atoms with Gasteiger partial charge in [-0.3, -0.25) is 19.9 Å². The summed E-state index contributed by atoms with van der Waals surface area (Å²) in [5.74, 6) is 0. The van der Waals surface area contributed by atoms with Crippen molar-refractivity contribution in [2.24, 2.45) is 0 Å². The molecule has 8 heterocycles. The summed E-state index contributed by atoms with van der Waals surface area (Å²) in [5, 5.41) is 1.10. The summed E-state index contributed by atoms with van der Waals surface area (Å²) in [6, 6.07) is 5.85. The van der Waals surface area contributed by atoms with Crippen LogP contribution in [0.2, 0.25) is 0 Å². The van der Waals surface area contributed by atoms with E-state index in [9.17, 15) is 0 Å². The first-order chi connectivity index (χ1) is 19.5. The van der Waals surface area contributed by atoms with Gasteiger partial charge in [0.15, 0.2) is 0 Å². The smallest absolute Gasteiger partial charge is 0.0908 e. The Morgan fingerprint density at radius 3 is 2.17 bits per heavy atom. The number of hydrogen-bond acceptors (Lipinski definition) is 12. The van der Waals surface area contributed by atoms with Crippen molar-refractivity contribution in [2.75, 3.05) is 0 Å². The SMILES string of the molecule is Cc1cc2ncsc2cn1.Cc1cncc2scnc12.Cc1nc2ccncc2s1.Cc1nccc2ncsc12. The van der Waals surface area contributed by atoms with Gasteiger partial charge in [0.25, 0.3) is 0 Å². The zero-order valence-corrected chi connectivity index (χ0v) is 25.4. The highest BCUT2D eigenvalue weighted by atomic mass is 32.1. The van der Waals surface area contributed by atoms with Crippen LogP contribution in [0.5, 0.6) is 0 Å². The van der Waals surface area contributed by atoms with Gasteiger partial charge in [0, 0.05) is 42.9 Å².